The van der Waals surface area contributed by atoms with Crippen molar-refractivity contribution in [3.63, 3.8) is 0 Å². The van der Waals surface area contributed by atoms with Crippen LogP contribution in [0.5, 0.6) is 11.5 Å². The fourth-order valence-corrected chi connectivity index (χ4v) is 2.58. The molecule has 27 heavy (non-hydrogen) atoms. The van der Waals surface area contributed by atoms with Gasteiger partial charge in [-0.15, -0.1) is 0 Å². The molecule has 8 nitrogen and oxygen atoms in total. The number of carbonyl (C=O) groups excluding carboxylic acids is 3. The number of nitrogens with one attached hydrogen (secondary N) is 2. The minimum Gasteiger partial charge on any atom is -0.497 e. The van der Waals surface area contributed by atoms with Crippen LogP contribution in [0.15, 0.2) is 42.5 Å². The molecule has 0 fully saturated rings. The van der Waals surface area contributed by atoms with E-state index in [1.165, 1.54) is 19.2 Å². The average Bonchev–Trinajstić information content (AvgIpc) is 2.68. The van der Waals surface area contributed by atoms with Gasteiger partial charge in [-0.2, -0.15) is 0 Å². The van der Waals surface area contributed by atoms with Crippen LogP contribution in [0.1, 0.15) is 16.8 Å². The topological polar surface area (TPSA) is 103 Å². The van der Waals surface area contributed by atoms with Gasteiger partial charge in [0, 0.05) is 5.69 Å². The van der Waals surface area contributed by atoms with Gasteiger partial charge in [0.25, 0.3) is 5.91 Å². The van der Waals surface area contributed by atoms with Crippen LogP contribution >= 0.6 is 0 Å². The molecule has 0 spiro atoms. The molecule has 140 valence electrons. The Morgan fingerprint density at radius 3 is 2.56 bits per heavy atom. The van der Waals surface area contributed by atoms with E-state index in [1.807, 2.05) is 0 Å². The molecule has 1 heterocycles. The maximum absolute atomic E-state index is 12.2. The number of amides is 2. The Morgan fingerprint density at radius 2 is 1.89 bits per heavy atom. The van der Waals surface area contributed by atoms with Crippen LogP contribution in [0.2, 0.25) is 0 Å². The molecule has 1 unspecified atom stereocenters. The van der Waals surface area contributed by atoms with Gasteiger partial charge in [-0.3, -0.25) is 9.59 Å². The molecule has 1 atom stereocenters. The summed E-state index contributed by atoms with van der Waals surface area (Å²) in [6, 6.07) is 11.3. The van der Waals surface area contributed by atoms with E-state index in [-0.39, 0.29) is 17.9 Å². The van der Waals surface area contributed by atoms with Crippen molar-refractivity contribution >= 4 is 29.2 Å². The second-order valence-electron chi connectivity index (χ2n) is 5.78. The van der Waals surface area contributed by atoms with Crippen LogP contribution in [0.3, 0.4) is 0 Å². The molecule has 1 aliphatic rings. The van der Waals surface area contributed by atoms with Gasteiger partial charge in [0.15, 0.2) is 6.10 Å². The number of methoxy groups -OCH3 is 2. The SMILES string of the molecule is COC(=O)c1ccc2c(c1)OC(CC(=O)Nc1ccc(OC)cc1)C(=O)N2. The first kappa shape index (κ1) is 18.2. The lowest BCUT2D eigenvalue weighted by Gasteiger charge is -2.25. The van der Waals surface area contributed by atoms with Gasteiger partial charge in [-0.1, -0.05) is 0 Å². The summed E-state index contributed by atoms with van der Waals surface area (Å²) < 4.78 is 15.4. The summed E-state index contributed by atoms with van der Waals surface area (Å²) in [5.74, 6) is -0.362. The van der Waals surface area contributed by atoms with Gasteiger partial charge in [0.05, 0.1) is 31.9 Å². The largest absolute Gasteiger partial charge is 0.497 e. The highest BCUT2D eigenvalue weighted by Crippen LogP contribution is 2.31. The van der Waals surface area contributed by atoms with E-state index in [9.17, 15) is 14.4 Å². The quantitative estimate of drug-likeness (QED) is 0.783. The maximum Gasteiger partial charge on any atom is 0.337 e. The fourth-order valence-electron chi connectivity index (χ4n) is 2.58. The van der Waals surface area contributed by atoms with E-state index in [2.05, 4.69) is 15.4 Å². The lowest BCUT2D eigenvalue weighted by atomic mass is 10.1. The maximum atomic E-state index is 12.2. The third kappa shape index (κ3) is 4.17. The standard InChI is InChI=1S/C19H18N2O6/c1-25-13-6-4-12(5-7-13)20-17(22)10-16-18(23)21-14-8-3-11(19(24)26-2)9-15(14)27-16/h3-9,16H,10H2,1-2H3,(H,20,22)(H,21,23). The number of fused-ring (bicyclic) bond motifs is 1. The van der Waals surface area contributed by atoms with Crippen molar-refractivity contribution in [1.82, 2.24) is 0 Å². The molecule has 8 heteroatoms. The summed E-state index contributed by atoms with van der Waals surface area (Å²) in [6.45, 7) is 0. The second-order valence-corrected chi connectivity index (χ2v) is 5.78. The zero-order valence-electron chi connectivity index (χ0n) is 14.8. The number of benzene rings is 2. The Bertz CT molecular complexity index is 878. The monoisotopic (exact) mass is 370 g/mol. The Hall–Kier alpha value is -3.55. The highest BCUT2D eigenvalue weighted by molar-refractivity contribution is 6.02. The van der Waals surface area contributed by atoms with Crippen molar-refractivity contribution in [3.05, 3.63) is 48.0 Å². The highest BCUT2D eigenvalue weighted by atomic mass is 16.5. The molecule has 0 saturated carbocycles. The Labute approximate surface area is 155 Å². The lowest BCUT2D eigenvalue weighted by molar-refractivity contribution is -0.128. The summed E-state index contributed by atoms with van der Waals surface area (Å²) in [5, 5.41) is 5.36. The number of carbonyl (C=O) groups is 3. The van der Waals surface area contributed by atoms with Crippen LogP contribution < -0.4 is 20.1 Å². The zero-order chi connectivity index (χ0) is 19.4. The number of ether oxygens (including phenoxy) is 3. The first-order valence-corrected chi connectivity index (χ1v) is 8.14. The van der Waals surface area contributed by atoms with E-state index in [0.717, 1.165) is 0 Å². The number of anilines is 2. The predicted molar refractivity (Wildman–Crippen MR) is 97.1 cm³/mol. The molecule has 0 aromatic heterocycles. The van der Waals surface area contributed by atoms with Crippen molar-refractivity contribution in [3.8, 4) is 11.5 Å². The minimum absolute atomic E-state index is 0.181. The summed E-state index contributed by atoms with van der Waals surface area (Å²) >= 11 is 0. The number of rotatable bonds is 5. The summed E-state index contributed by atoms with van der Waals surface area (Å²) in [5.41, 5.74) is 1.29. The van der Waals surface area contributed by atoms with Gasteiger partial charge >= 0.3 is 5.97 Å². The van der Waals surface area contributed by atoms with E-state index in [0.29, 0.717) is 22.9 Å². The van der Waals surface area contributed by atoms with Crippen molar-refractivity contribution < 1.29 is 28.6 Å². The molecular weight excluding hydrogens is 352 g/mol. The van der Waals surface area contributed by atoms with Gasteiger partial charge in [0.1, 0.15) is 11.5 Å². The lowest BCUT2D eigenvalue weighted by Crippen LogP contribution is -2.39. The molecular formula is C19H18N2O6. The first-order chi connectivity index (χ1) is 13.0. The molecule has 0 aliphatic carbocycles. The summed E-state index contributed by atoms with van der Waals surface area (Å²) in [4.78, 5) is 36.1. The van der Waals surface area contributed by atoms with E-state index in [1.54, 1.807) is 37.4 Å². The van der Waals surface area contributed by atoms with Gasteiger partial charge in [0.2, 0.25) is 5.91 Å². The predicted octanol–water partition coefficient (Wildman–Crippen LogP) is 2.21. The number of hydrogen-bond donors (Lipinski definition) is 2. The number of hydrogen-bond acceptors (Lipinski definition) is 6. The zero-order valence-corrected chi connectivity index (χ0v) is 14.8. The second kappa shape index (κ2) is 7.77. The Morgan fingerprint density at radius 1 is 1.15 bits per heavy atom. The van der Waals surface area contributed by atoms with Crippen molar-refractivity contribution in [2.24, 2.45) is 0 Å². The van der Waals surface area contributed by atoms with Gasteiger partial charge < -0.3 is 24.8 Å². The fraction of sp³-hybridized carbons (Fsp3) is 0.211. The van der Waals surface area contributed by atoms with Crippen LogP contribution in [0.4, 0.5) is 11.4 Å². The Kier molecular flexibility index (Phi) is 5.25. The van der Waals surface area contributed by atoms with E-state index < -0.39 is 18.0 Å². The third-order valence-electron chi connectivity index (χ3n) is 3.97. The van der Waals surface area contributed by atoms with Crippen LogP contribution in [-0.4, -0.2) is 38.1 Å². The Balaban J connectivity index is 1.67. The molecule has 2 aromatic carbocycles. The van der Waals surface area contributed by atoms with Crippen LogP contribution in [0, 0.1) is 0 Å². The van der Waals surface area contributed by atoms with Crippen molar-refractivity contribution in [1.29, 1.82) is 0 Å². The summed E-state index contributed by atoms with van der Waals surface area (Å²) in [7, 11) is 2.83. The normalized spacial score (nSPS) is 15.0. The first-order valence-electron chi connectivity index (χ1n) is 8.14. The molecule has 1 aliphatic heterocycles. The smallest absolute Gasteiger partial charge is 0.337 e. The van der Waals surface area contributed by atoms with E-state index in [4.69, 9.17) is 9.47 Å². The van der Waals surface area contributed by atoms with Crippen molar-refractivity contribution in [2.45, 2.75) is 12.5 Å². The number of esters is 1. The molecule has 3 rings (SSSR count). The average molecular weight is 370 g/mol. The molecule has 2 aromatic rings. The van der Waals surface area contributed by atoms with Crippen molar-refractivity contribution in [2.75, 3.05) is 24.9 Å². The molecule has 0 saturated heterocycles. The van der Waals surface area contributed by atoms with Gasteiger partial charge in [-0.25, -0.2) is 4.79 Å². The minimum atomic E-state index is -1.01. The molecule has 0 bridgehead atoms. The summed E-state index contributed by atoms with van der Waals surface area (Å²) in [6.07, 6.45) is -1.19. The third-order valence-corrected chi connectivity index (χ3v) is 3.97. The van der Waals surface area contributed by atoms with Crippen LogP contribution in [0.25, 0.3) is 0 Å². The van der Waals surface area contributed by atoms with Gasteiger partial charge in [-0.05, 0) is 42.5 Å². The van der Waals surface area contributed by atoms with E-state index >= 15 is 0 Å². The van der Waals surface area contributed by atoms with Crippen LogP contribution in [-0.2, 0) is 14.3 Å². The molecule has 2 amide bonds. The molecule has 0 radical (unpaired) electrons. The molecule has 2 N–H and O–H groups in total. The highest BCUT2D eigenvalue weighted by Gasteiger charge is 2.30.